The summed E-state index contributed by atoms with van der Waals surface area (Å²) in [7, 11) is 2.04. The molecule has 8 heteroatoms. The number of likely N-dealkylation sites (N-methyl/N-ethyl adjacent to an activating group) is 2. The van der Waals surface area contributed by atoms with Gasteiger partial charge in [-0.1, -0.05) is 58.2 Å². The molecule has 7 nitrogen and oxygen atoms in total. The summed E-state index contributed by atoms with van der Waals surface area (Å²) in [6, 6.07) is 7.99. The van der Waals surface area contributed by atoms with Gasteiger partial charge in [-0.15, -0.1) is 0 Å². The van der Waals surface area contributed by atoms with Crippen LogP contribution < -0.4 is 15.5 Å². The number of fused-ring (bicyclic) bond motifs is 1. The van der Waals surface area contributed by atoms with Crippen LogP contribution in [0, 0.1) is 5.92 Å². The Morgan fingerprint density at radius 3 is 2.52 bits per heavy atom. The van der Waals surface area contributed by atoms with Crippen molar-refractivity contribution in [3.8, 4) is 11.1 Å². The van der Waals surface area contributed by atoms with Crippen LogP contribution in [0.4, 0.5) is 11.5 Å². The lowest BCUT2D eigenvalue weighted by atomic mass is 9.87. The molecule has 3 aromatic rings. The average molecular weight is 592 g/mol. The summed E-state index contributed by atoms with van der Waals surface area (Å²) < 4.78 is 0. The van der Waals surface area contributed by atoms with Gasteiger partial charge < -0.3 is 15.5 Å². The highest BCUT2D eigenvalue weighted by Gasteiger charge is 2.26. The summed E-state index contributed by atoms with van der Waals surface area (Å²) in [5, 5.41) is 7.50. The van der Waals surface area contributed by atoms with E-state index in [0.29, 0.717) is 22.8 Å². The number of benzene rings is 1. The van der Waals surface area contributed by atoms with Gasteiger partial charge in [-0.2, -0.15) is 0 Å². The molecule has 1 saturated carbocycles. The Bertz CT molecular complexity index is 1340. The number of hydrogen-bond acceptors (Lipinski definition) is 7. The zero-order valence-electron chi connectivity index (χ0n) is 26.3. The lowest BCUT2D eigenvalue weighted by molar-refractivity contribution is 0.179. The number of aryl methyl sites for hydroxylation is 2. The predicted octanol–water partition coefficient (Wildman–Crippen LogP) is 6.97. The second-order valence-corrected chi connectivity index (χ2v) is 12.7. The van der Waals surface area contributed by atoms with Crippen LogP contribution in [-0.2, 0) is 12.8 Å². The summed E-state index contributed by atoms with van der Waals surface area (Å²) in [6.07, 6.45) is 11.0. The molecule has 2 fully saturated rings. The molecule has 1 aromatic carbocycles. The summed E-state index contributed by atoms with van der Waals surface area (Å²) in [5.41, 5.74) is 7.32. The highest BCUT2D eigenvalue weighted by Crippen LogP contribution is 2.36. The quantitative estimate of drug-likeness (QED) is 0.233. The zero-order chi connectivity index (χ0) is 29.6. The molecule has 2 aromatic heterocycles. The third kappa shape index (κ3) is 6.84. The Hall–Kier alpha value is -2.48. The number of halogens is 1. The number of aromatic nitrogens is 3. The molecule has 2 atom stereocenters. The van der Waals surface area contributed by atoms with E-state index in [0.717, 1.165) is 79.6 Å². The molecule has 0 spiro atoms. The zero-order valence-corrected chi connectivity index (χ0v) is 27.1. The molecule has 1 aliphatic heterocycles. The van der Waals surface area contributed by atoms with Crippen molar-refractivity contribution in [1.29, 1.82) is 0 Å². The summed E-state index contributed by atoms with van der Waals surface area (Å²) in [4.78, 5) is 20.0. The van der Waals surface area contributed by atoms with Crippen molar-refractivity contribution in [2.75, 3.05) is 50.0 Å². The van der Waals surface area contributed by atoms with Crippen molar-refractivity contribution < 1.29 is 0 Å². The molecular formula is C34H50ClN7. The number of nitrogens with zero attached hydrogens (tertiary/aromatic N) is 5. The molecular weight excluding hydrogens is 542 g/mol. The van der Waals surface area contributed by atoms with Gasteiger partial charge in [0.25, 0.3) is 0 Å². The lowest BCUT2D eigenvalue weighted by Gasteiger charge is -2.39. The van der Waals surface area contributed by atoms with E-state index in [-0.39, 0.29) is 0 Å². The number of nitrogens with one attached hydrogen (secondary N) is 2. The predicted molar refractivity (Wildman–Crippen MR) is 178 cm³/mol. The minimum absolute atomic E-state index is 0.417. The third-order valence-electron chi connectivity index (χ3n) is 9.49. The van der Waals surface area contributed by atoms with Gasteiger partial charge >= 0.3 is 0 Å². The summed E-state index contributed by atoms with van der Waals surface area (Å²) in [6.45, 7) is 14.5. The Morgan fingerprint density at radius 1 is 1.02 bits per heavy atom. The van der Waals surface area contributed by atoms with Gasteiger partial charge in [0.15, 0.2) is 5.15 Å². The fourth-order valence-electron chi connectivity index (χ4n) is 7.05. The minimum atomic E-state index is 0.417. The van der Waals surface area contributed by atoms with Crippen molar-refractivity contribution >= 4 is 34.1 Å². The molecule has 1 saturated heterocycles. The highest BCUT2D eigenvalue weighted by atomic mass is 35.5. The van der Waals surface area contributed by atoms with Crippen LogP contribution in [0.25, 0.3) is 22.2 Å². The first-order valence-electron chi connectivity index (χ1n) is 16.3. The molecule has 5 rings (SSSR count). The average Bonchev–Trinajstić information content (AvgIpc) is 3.01. The first kappa shape index (κ1) is 31.0. The van der Waals surface area contributed by atoms with Crippen LogP contribution in [0.1, 0.15) is 77.5 Å². The Kier molecular flexibility index (Phi) is 10.6. The molecule has 0 radical (unpaired) electrons. The van der Waals surface area contributed by atoms with Crippen molar-refractivity contribution in [1.82, 2.24) is 25.2 Å². The largest absolute Gasteiger partial charge is 0.371 e. The summed E-state index contributed by atoms with van der Waals surface area (Å²) in [5.74, 6) is 1.64. The Labute approximate surface area is 257 Å². The van der Waals surface area contributed by atoms with E-state index in [9.17, 15) is 0 Å². The first-order chi connectivity index (χ1) is 20.4. The molecule has 3 heterocycles. The van der Waals surface area contributed by atoms with Crippen LogP contribution in [0.2, 0.25) is 5.15 Å². The van der Waals surface area contributed by atoms with E-state index >= 15 is 0 Å². The Morgan fingerprint density at radius 2 is 1.83 bits per heavy atom. The fourth-order valence-corrected chi connectivity index (χ4v) is 7.23. The van der Waals surface area contributed by atoms with Crippen LogP contribution >= 0.6 is 11.6 Å². The van der Waals surface area contributed by atoms with E-state index in [2.05, 4.69) is 71.3 Å². The molecule has 1 aliphatic carbocycles. The SMILES string of the molecule is CCc1cc(-c2cnc(Cl)c3nc(CC)c(NC4CCCC(C)C4)nc23)ccc1N1CCC(N(CC)CCNC)CC1. The van der Waals surface area contributed by atoms with Gasteiger partial charge in [0, 0.05) is 55.7 Å². The van der Waals surface area contributed by atoms with E-state index in [1.807, 2.05) is 13.2 Å². The van der Waals surface area contributed by atoms with Crippen molar-refractivity contribution in [3.05, 3.63) is 40.8 Å². The fraction of sp³-hybridized carbons (Fsp3) is 0.618. The van der Waals surface area contributed by atoms with Gasteiger partial charge in [0.05, 0.1) is 5.69 Å². The molecule has 2 N–H and O–H groups in total. The van der Waals surface area contributed by atoms with E-state index < -0.39 is 0 Å². The lowest BCUT2D eigenvalue weighted by Crippen LogP contribution is -2.46. The molecule has 2 aliphatic rings. The normalized spacial score (nSPS) is 20.0. The first-order valence-corrected chi connectivity index (χ1v) is 16.7. The maximum Gasteiger partial charge on any atom is 0.156 e. The number of pyridine rings is 1. The van der Waals surface area contributed by atoms with Crippen LogP contribution in [0.15, 0.2) is 24.4 Å². The van der Waals surface area contributed by atoms with Crippen molar-refractivity contribution in [2.24, 2.45) is 5.92 Å². The number of rotatable bonds is 11. The van der Waals surface area contributed by atoms with Crippen molar-refractivity contribution in [2.45, 2.75) is 91.1 Å². The maximum atomic E-state index is 6.62. The molecule has 2 unspecified atom stereocenters. The van der Waals surface area contributed by atoms with Crippen LogP contribution in [0.5, 0.6) is 0 Å². The monoisotopic (exact) mass is 591 g/mol. The van der Waals surface area contributed by atoms with Gasteiger partial charge in [-0.3, -0.25) is 4.90 Å². The molecule has 0 amide bonds. The second-order valence-electron chi connectivity index (χ2n) is 12.3. The van der Waals surface area contributed by atoms with E-state index in [4.69, 9.17) is 21.6 Å². The third-order valence-corrected chi connectivity index (χ3v) is 9.76. The number of hydrogen-bond donors (Lipinski definition) is 2. The number of piperidine rings is 1. The second kappa shape index (κ2) is 14.3. The van der Waals surface area contributed by atoms with Crippen LogP contribution in [0.3, 0.4) is 0 Å². The van der Waals surface area contributed by atoms with Gasteiger partial charge in [0.1, 0.15) is 16.9 Å². The topological polar surface area (TPSA) is 69.2 Å². The minimum Gasteiger partial charge on any atom is -0.371 e. The smallest absolute Gasteiger partial charge is 0.156 e. The number of anilines is 2. The van der Waals surface area contributed by atoms with E-state index in [1.54, 1.807) is 0 Å². The Balaban J connectivity index is 1.42. The standard InChI is InChI=1S/C34H50ClN7/c1-6-24-21-25(12-13-30(24)42-17-14-27(15-18-42)41(8-3)19-16-36-5)28-22-37-33(35)32-31(28)40-34(29(7-2)39-32)38-26-11-9-10-23(4)20-26/h12-13,21-23,26-27,36H,6-11,14-20H2,1-5H3,(H,38,40). The maximum absolute atomic E-state index is 6.62. The molecule has 228 valence electrons. The van der Waals surface area contributed by atoms with Gasteiger partial charge in [-0.25, -0.2) is 15.0 Å². The van der Waals surface area contributed by atoms with Gasteiger partial charge in [-0.05, 0) is 81.3 Å². The molecule has 42 heavy (non-hydrogen) atoms. The summed E-state index contributed by atoms with van der Waals surface area (Å²) >= 11 is 6.62. The highest BCUT2D eigenvalue weighted by molar-refractivity contribution is 6.34. The van der Waals surface area contributed by atoms with Crippen LogP contribution in [-0.4, -0.2) is 71.7 Å². The molecule has 0 bridgehead atoms. The van der Waals surface area contributed by atoms with Gasteiger partial charge in [0.2, 0.25) is 0 Å². The van der Waals surface area contributed by atoms with Crippen molar-refractivity contribution in [3.63, 3.8) is 0 Å². The van der Waals surface area contributed by atoms with E-state index in [1.165, 1.54) is 49.8 Å².